The minimum atomic E-state index is -0.769. The van der Waals surface area contributed by atoms with E-state index in [1.54, 1.807) is 18.2 Å². The third-order valence-electron chi connectivity index (χ3n) is 6.33. The predicted octanol–water partition coefficient (Wildman–Crippen LogP) is 5.20. The number of aryl methyl sites for hydroxylation is 2. The minimum absolute atomic E-state index is 0.0228. The number of carbonyl (C=O) groups is 2. The normalized spacial score (nSPS) is 14.6. The van der Waals surface area contributed by atoms with Crippen molar-refractivity contribution in [2.45, 2.75) is 64.5 Å². The van der Waals surface area contributed by atoms with Crippen LogP contribution in [0.2, 0.25) is 10.0 Å². The lowest BCUT2D eigenvalue weighted by molar-refractivity contribution is -0.141. The summed E-state index contributed by atoms with van der Waals surface area (Å²) >= 11 is 12.4. The Kier molecular flexibility index (Phi) is 12.0. The highest BCUT2D eigenvalue weighted by Crippen LogP contribution is 2.26. The fourth-order valence-corrected chi connectivity index (χ4v) is 4.73. The van der Waals surface area contributed by atoms with Gasteiger partial charge in [0.2, 0.25) is 0 Å². The Morgan fingerprint density at radius 1 is 1.22 bits per heavy atom. The zero-order valence-corrected chi connectivity index (χ0v) is 25.6. The summed E-state index contributed by atoms with van der Waals surface area (Å²) in [5, 5.41) is 6.97. The lowest BCUT2D eigenvalue weighted by atomic mass is 10.0. The van der Waals surface area contributed by atoms with Gasteiger partial charge in [-0.05, 0) is 81.8 Å². The van der Waals surface area contributed by atoms with Crippen molar-refractivity contribution in [3.63, 3.8) is 0 Å². The number of hydrogen-bond acceptors (Lipinski definition) is 8. The van der Waals surface area contributed by atoms with Gasteiger partial charge in [-0.3, -0.25) is 14.6 Å². The second-order valence-corrected chi connectivity index (χ2v) is 11.7. The van der Waals surface area contributed by atoms with Gasteiger partial charge in [0.15, 0.2) is 0 Å². The molecule has 2 heterocycles. The zero-order chi connectivity index (χ0) is 30.0. The molecule has 222 valence electrons. The Morgan fingerprint density at radius 3 is 2.63 bits per heavy atom. The number of ether oxygens (including phenoxy) is 2. The number of methoxy groups -OCH3 is 1. The molecule has 2 aromatic rings. The second kappa shape index (κ2) is 15.2. The van der Waals surface area contributed by atoms with Crippen molar-refractivity contribution in [3.05, 3.63) is 68.5 Å². The lowest BCUT2D eigenvalue weighted by Gasteiger charge is -2.22. The molecule has 1 aromatic heterocycles. The predicted molar refractivity (Wildman–Crippen MR) is 164 cm³/mol. The first-order chi connectivity index (χ1) is 19.4. The summed E-state index contributed by atoms with van der Waals surface area (Å²) < 4.78 is 10.6. The Balaban J connectivity index is 1.75. The van der Waals surface area contributed by atoms with Crippen molar-refractivity contribution < 1.29 is 19.1 Å². The van der Waals surface area contributed by atoms with Crippen LogP contribution in [-0.4, -0.2) is 55.5 Å². The van der Waals surface area contributed by atoms with Gasteiger partial charge in [-0.25, -0.2) is 4.98 Å². The molecule has 1 aliphatic heterocycles. The number of aromatic nitrogens is 1. The van der Waals surface area contributed by atoms with Gasteiger partial charge in [0.05, 0.1) is 37.4 Å². The van der Waals surface area contributed by atoms with Crippen LogP contribution >= 0.6 is 23.2 Å². The lowest BCUT2D eigenvalue weighted by Crippen LogP contribution is -2.34. The molecule has 4 N–H and O–H groups in total. The van der Waals surface area contributed by atoms with Crippen LogP contribution in [0.25, 0.3) is 0 Å². The molecule has 41 heavy (non-hydrogen) atoms. The molecule has 0 saturated carbocycles. The van der Waals surface area contributed by atoms with E-state index in [2.05, 4.69) is 27.8 Å². The molecular weight excluding hydrogens is 565 g/mol. The van der Waals surface area contributed by atoms with Crippen molar-refractivity contribution in [2.75, 3.05) is 32.1 Å². The average molecular weight is 605 g/mol. The summed E-state index contributed by atoms with van der Waals surface area (Å²) in [6.07, 6.45) is 4.97. The molecule has 1 unspecified atom stereocenters. The van der Waals surface area contributed by atoms with Crippen LogP contribution in [-0.2, 0) is 31.9 Å². The SMILES string of the molecule is COC(=O)CC(NC(=O)C(C=NCCCc1ccc2c(n1)NCCC2)=C(N)COC(C)(C)C)c1cc(Cl)cc(Cl)c1. The molecule has 3 rings (SSSR count). The number of carbonyl (C=O) groups excluding carboxylic acids is 2. The van der Waals surface area contributed by atoms with Gasteiger partial charge >= 0.3 is 5.97 Å². The van der Waals surface area contributed by atoms with Crippen LogP contribution in [0.15, 0.2) is 46.6 Å². The van der Waals surface area contributed by atoms with Crippen molar-refractivity contribution >= 4 is 47.1 Å². The zero-order valence-electron chi connectivity index (χ0n) is 24.1. The number of hydrogen-bond donors (Lipinski definition) is 3. The van der Waals surface area contributed by atoms with E-state index in [9.17, 15) is 9.59 Å². The van der Waals surface area contributed by atoms with Gasteiger partial charge < -0.3 is 25.8 Å². The van der Waals surface area contributed by atoms with Crippen LogP contribution in [0, 0.1) is 0 Å². The van der Waals surface area contributed by atoms with Crippen molar-refractivity contribution in [1.82, 2.24) is 10.3 Å². The first kappa shape index (κ1) is 32.4. The number of aliphatic imine (C=N–C) groups is 1. The number of fused-ring (bicyclic) bond motifs is 1. The van der Waals surface area contributed by atoms with Crippen LogP contribution in [0.5, 0.6) is 0 Å². The molecule has 0 fully saturated rings. The van der Waals surface area contributed by atoms with E-state index in [0.717, 1.165) is 43.7 Å². The first-order valence-electron chi connectivity index (χ1n) is 13.6. The first-order valence-corrected chi connectivity index (χ1v) is 14.4. The molecule has 1 atom stereocenters. The molecular formula is C30H39Cl2N5O4. The summed E-state index contributed by atoms with van der Waals surface area (Å²) in [6, 6.07) is 8.25. The van der Waals surface area contributed by atoms with E-state index in [4.69, 9.17) is 43.4 Å². The molecule has 11 heteroatoms. The van der Waals surface area contributed by atoms with E-state index in [1.165, 1.54) is 18.9 Å². The minimum Gasteiger partial charge on any atom is -0.469 e. The fraction of sp³-hybridized carbons (Fsp3) is 0.467. The molecule has 1 aromatic carbocycles. The quantitative estimate of drug-likeness (QED) is 0.132. The largest absolute Gasteiger partial charge is 0.469 e. The number of nitrogens with one attached hydrogen (secondary N) is 2. The Bertz CT molecular complexity index is 1270. The number of halogens is 2. The summed E-state index contributed by atoms with van der Waals surface area (Å²) in [6.45, 7) is 7.12. The maximum atomic E-state index is 13.5. The van der Waals surface area contributed by atoms with Crippen molar-refractivity contribution in [3.8, 4) is 0 Å². The number of rotatable bonds is 12. The topological polar surface area (TPSA) is 128 Å². The van der Waals surface area contributed by atoms with Crippen LogP contribution < -0.4 is 16.4 Å². The number of nitrogens with zero attached hydrogens (tertiary/aromatic N) is 2. The third-order valence-corrected chi connectivity index (χ3v) is 6.77. The number of nitrogens with two attached hydrogens (primary N) is 1. The van der Waals surface area contributed by atoms with Gasteiger partial charge in [-0.2, -0.15) is 0 Å². The van der Waals surface area contributed by atoms with Gasteiger partial charge in [0.25, 0.3) is 5.91 Å². The maximum Gasteiger partial charge on any atom is 0.307 e. The summed E-state index contributed by atoms with van der Waals surface area (Å²) in [5.74, 6) is -0.0647. The maximum absolute atomic E-state index is 13.5. The van der Waals surface area contributed by atoms with Gasteiger partial charge in [-0.1, -0.05) is 29.3 Å². The summed E-state index contributed by atoms with van der Waals surface area (Å²) in [4.78, 5) is 34.9. The molecule has 0 spiro atoms. The van der Waals surface area contributed by atoms with Crippen LogP contribution in [0.4, 0.5) is 5.82 Å². The van der Waals surface area contributed by atoms with Crippen LogP contribution in [0.1, 0.15) is 62.9 Å². The van der Waals surface area contributed by atoms with Gasteiger partial charge in [0.1, 0.15) is 5.82 Å². The second-order valence-electron chi connectivity index (χ2n) is 10.8. The summed E-state index contributed by atoms with van der Waals surface area (Å²) in [5.41, 5.74) is 9.02. The highest BCUT2D eigenvalue weighted by molar-refractivity contribution is 6.34. The Labute approximate surface area is 251 Å². The van der Waals surface area contributed by atoms with E-state index in [0.29, 0.717) is 22.2 Å². The monoisotopic (exact) mass is 603 g/mol. The third kappa shape index (κ3) is 10.6. The van der Waals surface area contributed by atoms with E-state index in [1.807, 2.05) is 20.8 Å². The Morgan fingerprint density at radius 2 is 1.95 bits per heavy atom. The number of esters is 1. The molecule has 0 bridgehead atoms. The molecule has 0 aliphatic carbocycles. The fourth-order valence-electron chi connectivity index (χ4n) is 4.19. The molecule has 1 amide bonds. The van der Waals surface area contributed by atoms with Crippen molar-refractivity contribution in [1.29, 1.82) is 0 Å². The van der Waals surface area contributed by atoms with E-state index in [-0.39, 0.29) is 24.3 Å². The van der Waals surface area contributed by atoms with Crippen LogP contribution in [0.3, 0.4) is 0 Å². The number of anilines is 1. The van der Waals surface area contributed by atoms with Gasteiger partial charge in [-0.15, -0.1) is 0 Å². The average Bonchev–Trinajstić information content (AvgIpc) is 2.92. The summed E-state index contributed by atoms with van der Waals surface area (Å²) in [7, 11) is 1.28. The molecule has 0 radical (unpaired) electrons. The molecule has 0 saturated heterocycles. The van der Waals surface area contributed by atoms with Gasteiger partial charge in [0, 0.05) is 40.7 Å². The van der Waals surface area contributed by atoms with E-state index < -0.39 is 23.5 Å². The molecule has 1 aliphatic rings. The van der Waals surface area contributed by atoms with Crippen molar-refractivity contribution in [2.24, 2.45) is 10.7 Å². The number of pyridine rings is 1. The Hall–Kier alpha value is -3.14. The standard InChI is InChI=1S/C30H39Cl2N5O4/c1-30(2,3)41-18-25(33)24(17-34-11-6-8-23-10-9-19-7-5-12-35-28(19)36-23)29(39)37-26(16-27(38)40-4)20-13-21(31)15-22(32)14-20/h9-10,13-15,17,26H,5-8,11-12,16,18,33H2,1-4H3,(H,35,36)(H,37,39). The highest BCUT2D eigenvalue weighted by atomic mass is 35.5. The number of benzene rings is 1. The molecule has 9 nitrogen and oxygen atoms in total. The number of amides is 1. The van der Waals surface area contributed by atoms with E-state index >= 15 is 0 Å². The highest BCUT2D eigenvalue weighted by Gasteiger charge is 2.23. The smallest absolute Gasteiger partial charge is 0.307 e.